The lowest BCUT2D eigenvalue weighted by Gasteiger charge is -2.11. The van der Waals surface area contributed by atoms with Crippen LogP contribution in [-0.2, 0) is 10.0 Å². The van der Waals surface area contributed by atoms with Gasteiger partial charge >= 0.3 is 0 Å². The third-order valence-electron chi connectivity index (χ3n) is 2.67. The molecule has 0 aromatic carbocycles. The van der Waals surface area contributed by atoms with Gasteiger partial charge < -0.3 is 10.2 Å². The predicted octanol–water partition coefficient (Wildman–Crippen LogP) is 1.13. The van der Waals surface area contributed by atoms with Crippen molar-refractivity contribution in [2.24, 2.45) is 0 Å². The largest absolute Gasteiger partial charge is 0.370 e. The smallest absolute Gasteiger partial charge is 0.240 e. The zero-order valence-electron chi connectivity index (χ0n) is 12.4. The van der Waals surface area contributed by atoms with Gasteiger partial charge in [0.1, 0.15) is 5.82 Å². The van der Waals surface area contributed by atoms with Crippen LogP contribution in [0.1, 0.15) is 19.8 Å². The van der Waals surface area contributed by atoms with Crippen molar-refractivity contribution in [2.75, 3.05) is 39.0 Å². The van der Waals surface area contributed by atoms with Crippen LogP contribution in [0.15, 0.2) is 23.2 Å². The Balaban J connectivity index is 2.62. The fraction of sp³-hybridized carbons (Fsp3) is 0.615. The summed E-state index contributed by atoms with van der Waals surface area (Å²) in [5.74, 6) is 0.586. The Bertz CT molecular complexity index is 503. The molecule has 0 saturated carbocycles. The minimum Gasteiger partial charge on any atom is -0.370 e. The quantitative estimate of drug-likeness (QED) is 0.669. The molecule has 1 heterocycles. The highest BCUT2D eigenvalue weighted by atomic mass is 32.2. The molecule has 20 heavy (non-hydrogen) atoms. The summed E-state index contributed by atoms with van der Waals surface area (Å²) in [6.07, 6.45) is 3.24. The summed E-state index contributed by atoms with van der Waals surface area (Å²) >= 11 is 0. The first-order chi connectivity index (χ1) is 9.45. The zero-order valence-corrected chi connectivity index (χ0v) is 13.2. The van der Waals surface area contributed by atoms with Gasteiger partial charge in [-0.2, -0.15) is 0 Å². The van der Waals surface area contributed by atoms with Gasteiger partial charge in [-0.25, -0.2) is 18.1 Å². The van der Waals surface area contributed by atoms with Crippen molar-refractivity contribution in [2.45, 2.75) is 24.7 Å². The second-order valence-electron chi connectivity index (χ2n) is 4.86. The summed E-state index contributed by atoms with van der Waals surface area (Å²) < 4.78 is 26.8. The Morgan fingerprint density at radius 1 is 1.30 bits per heavy atom. The van der Waals surface area contributed by atoms with Gasteiger partial charge in [-0.15, -0.1) is 0 Å². The lowest BCUT2D eigenvalue weighted by atomic mass is 10.4. The van der Waals surface area contributed by atoms with Crippen molar-refractivity contribution in [3.05, 3.63) is 18.3 Å². The van der Waals surface area contributed by atoms with Gasteiger partial charge in [0.25, 0.3) is 0 Å². The first-order valence-corrected chi connectivity index (χ1v) is 8.28. The summed E-state index contributed by atoms with van der Waals surface area (Å²) in [5, 5.41) is 3.08. The number of rotatable bonds is 9. The van der Waals surface area contributed by atoms with E-state index in [0.717, 1.165) is 25.9 Å². The van der Waals surface area contributed by atoms with Crippen molar-refractivity contribution in [3.8, 4) is 0 Å². The topological polar surface area (TPSA) is 74.3 Å². The fourth-order valence-corrected chi connectivity index (χ4v) is 2.70. The number of hydrogen-bond acceptors (Lipinski definition) is 5. The molecular formula is C13H24N4O2S. The highest BCUT2D eigenvalue weighted by molar-refractivity contribution is 7.89. The maximum Gasteiger partial charge on any atom is 0.240 e. The van der Waals surface area contributed by atoms with E-state index in [2.05, 4.69) is 15.0 Å². The van der Waals surface area contributed by atoms with Crippen LogP contribution in [0.3, 0.4) is 0 Å². The van der Waals surface area contributed by atoms with E-state index in [4.69, 9.17) is 0 Å². The number of sulfonamides is 1. The Morgan fingerprint density at radius 3 is 2.70 bits per heavy atom. The minimum atomic E-state index is -3.45. The molecular weight excluding hydrogens is 276 g/mol. The number of pyridine rings is 1. The molecule has 7 heteroatoms. The van der Waals surface area contributed by atoms with Gasteiger partial charge in [-0.3, -0.25) is 0 Å². The number of hydrogen-bond donors (Lipinski definition) is 2. The van der Waals surface area contributed by atoms with Crippen molar-refractivity contribution in [1.82, 2.24) is 14.6 Å². The third kappa shape index (κ3) is 5.85. The first kappa shape index (κ1) is 16.9. The van der Waals surface area contributed by atoms with E-state index in [-0.39, 0.29) is 4.90 Å². The monoisotopic (exact) mass is 300 g/mol. The summed E-state index contributed by atoms with van der Waals surface area (Å²) in [7, 11) is 0.468. The molecule has 2 N–H and O–H groups in total. The standard InChI is InChI=1S/C13H24N4O2S/c1-4-7-14-13-11-12(6-9-15-13)20(18,19)16-8-5-10-17(2)3/h6,9,11,16H,4-5,7-8,10H2,1-3H3,(H,14,15). The molecule has 0 atom stereocenters. The van der Waals surface area contributed by atoms with E-state index in [1.54, 1.807) is 6.07 Å². The third-order valence-corrected chi connectivity index (χ3v) is 4.13. The van der Waals surface area contributed by atoms with E-state index in [1.807, 2.05) is 25.9 Å². The van der Waals surface area contributed by atoms with Crippen LogP contribution in [0.5, 0.6) is 0 Å². The highest BCUT2D eigenvalue weighted by Crippen LogP contribution is 2.12. The summed E-state index contributed by atoms with van der Waals surface area (Å²) in [6.45, 7) is 4.09. The number of aromatic nitrogens is 1. The van der Waals surface area contributed by atoms with Gasteiger partial charge in [0.2, 0.25) is 10.0 Å². The van der Waals surface area contributed by atoms with Gasteiger partial charge in [0.15, 0.2) is 0 Å². The molecule has 0 spiro atoms. The Labute approximate surface area is 121 Å². The fourth-order valence-electron chi connectivity index (χ4n) is 1.61. The van der Waals surface area contributed by atoms with Crippen molar-refractivity contribution < 1.29 is 8.42 Å². The van der Waals surface area contributed by atoms with Gasteiger partial charge in [-0.05, 0) is 39.5 Å². The average molecular weight is 300 g/mol. The minimum absolute atomic E-state index is 0.246. The maximum absolute atomic E-state index is 12.1. The maximum atomic E-state index is 12.1. The van der Waals surface area contributed by atoms with E-state index in [1.165, 1.54) is 12.3 Å². The van der Waals surface area contributed by atoms with Crippen LogP contribution < -0.4 is 10.0 Å². The molecule has 6 nitrogen and oxygen atoms in total. The molecule has 0 fully saturated rings. The van der Waals surface area contributed by atoms with Crippen LogP contribution >= 0.6 is 0 Å². The average Bonchev–Trinajstić information content (AvgIpc) is 2.41. The Morgan fingerprint density at radius 2 is 2.05 bits per heavy atom. The molecule has 1 aromatic rings. The van der Waals surface area contributed by atoms with Crippen molar-refractivity contribution >= 4 is 15.8 Å². The molecule has 0 unspecified atom stereocenters. The van der Waals surface area contributed by atoms with Crippen LogP contribution in [0.25, 0.3) is 0 Å². The van der Waals surface area contributed by atoms with Crippen molar-refractivity contribution in [3.63, 3.8) is 0 Å². The lowest BCUT2D eigenvalue weighted by molar-refractivity contribution is 0.400. The number of nitrogens with zero attached hydrogens (tertiary/aromatic N) is 2. The lowest BCUT2D eigenvalue weighted by Crippen LogP contribution is -2.27. The highest BCUT2D eigenvalue weighted by Gasteiger charge is 2.14. The molecule has 0 radical (unpaired) electrons. The van der Waals surface area contributed by atoms with Crippen LogP contribution in [0.4, 0.5) is 5.82 Å². The van der Waals surface area contributed by atoms with E-state index in [0.29, 0.717) is 12.4 Å². The van der Waals surface area contributed by atoms with Crippen LogP contribution in [0, 0.1) is 0 Å². The van der Waals surface area contributed by atoms with E-state index >= 15 is 0 Å². The van der Waals surface area contributed by atoms with Crippen molar-refractivity contribution in [1.29, 1.82) is 0 Å². The number of nitrogens with one attached hydrogen (secondary N) is 2. The van der Waals surface area contributed by atoms with Gasteiger partial charge in [0, 0.05) is 25.4 Å². The van der Waals surface area contributed by atoms with E-state index < -0.39 is 10.0 Å². The zero-order chi connectivity index (χ0) is 15.0. The molecule has 114 valence electrons. The second kappa shape index (κ2) is 8.18. The summed E-state index contributed by atoms with van der Waals surface area (Å²) in [4.78, 5) is 6.37. The molecule has 0 aliphatic rings. The summed E-state index contributed by atoms with van der Waals surface area (Å²) in [5.41, 5.74) is 0. The molecule has 0 amide bonds. The molecule has 0 bridgehead atoms. The van der Waals surface area contributed by atoms with Gasteiger partial charge in [-0.1, -0.05) is 6.92 Å². The Kier molecular flexibility index (Phi) is 6.90. The molecule has 1 aromatic heterocycles. The predicted molar refractivity (Wildman–Crippen MR) is 81.4 cm³/mol. The molecule has 0 aliphatic carbocycles. The van der Waals surface area contributed by atoms with Crippen LogP contribution in [-0.4, -0.2) is 52.0 Å². The van der Waals surface area contributed by atoms with E-state index in [9.17, 15) is 8.42 Å². The number of anilines is 1. The normalized spacial score (nSPS) is 11.8. The molecule has 0 saturated heterocycles. The second-order valence-corrected chi connectivity index (χ2v) is 6.63. The summed E-state index contributed by atoms with van der Waals surface area (Å²) in [6, 6.07) is 3.06. The molecule has 1 rings (SSSR count). The Hall–Kier alpha value is -1.18. The molecule has 0 aliphatic heterocycles. The van der Waals surface area contributed by atoms with Gasteiger partial charge in [0.05, 0.1) is 4.90 Å². The van der Waals surface area contributed by atoms with Crippen LogP contribution in [0.2, 0.25) is 0 Å². The SMILES string of the molecule is CCCNc1cc(S(=O)(=O)NCCCN(C)C)ccn1. The first-order valence-electron chi connectivity index (χ1n) is 6.80.